The zero-order valence-electron chi connectivity index (χ0n) is 13.0. The van der Waals surface area contributed by atoms with E-state index < -0.39 is 11.9 Å². The lowest BCUT2D eigenvalue weighted by molar-refractivity contribution is -0.274. The van der Waals surface area contributed by atoms with E-state index in [4.69, 9.17) is 0 Å². The molecule has 1 aliphatic heterocycles. The molecule has 0 fully saturated rings. The van der Waals surface area contributed by atoms with Crippen LogP contribution in [0.15, 0.2) is 73.0 Å². The van der Waals surface area contributed by atoms with E-state index in [0.717, 1.165) is 17.4 Å². The molecule has 0 aromatic heterocycles. The van der Waals surface area contributed by atoms with Crippen LogP contribution in [0.2, 0.25) is 0 Å². The summed E-state index contributed by atoms with van der Waals surface area (Å²) in [7, 11) is 0. The lowest BCUT2D eigenvalue weighted by Crippen LogP contribution is -2.39. The van der Waals surface area contributed by atoms with Gasteiger partial charge in [-0.1, -0.05) is 48.6 Å². The summed E-state index contributed by atoms with van der Waals surface area (Å²) in [5.74, 6) is -0.280. The largest absolute Gasteiger partial charge is 0.573 e. The maximum Gasteiger partial charge on any atom is 0.573 e. The molecule has 0 aliphatic carbocycles. The van der Waals surface area contributed by atoms with Crippen LogP contribution < -0.4 is 10.1 Å². The molecule has 3 nitrogen and oxygen atoms in total. The lowest BCUT2D eigenvalue weighted by atomic mass is 9.81. The minimum Gasteiger partial charge on any atom is -0.406 e. The highest BCUT2D eigenvalue weighted by molar-refractivity contribution is 5.74. The number of hydrogen-bond acceptors (Lipinski definition) is 3. The van der Waals surface area contributed by atoms with Gasteiger partial charge in [0.05, 0.1) is 0 Å². The number of benzene rings is 2. The first-order valence-corrected chi connectivity index (χ1v) is 7.47. The highest BCUT2D eigenvalue weighted by Gasteiger charge is 2.33. The number of aldehydes is 1. The summed E-state index contributed by atoms with van der Waals surface area (Å²) >= 11 is 0. The highest BCUT2D eigenvalue weighted by atomic mass is 19.4. The van der Waals surface area contributed by atoms with Crippen LogP contribution in [0.5, 0.6) is 5.75 Å². The van der Waals surface area contributed by atoms with Crippen molar-refractivity contribution in [2.75, 3.05) is 0 Å². The van der Waals surface area contributed by atoms with Gasteiger partial charge in [0.1, 0.15) is 17.6 Å². The molecule has 0 spiro atoms. The second kappa shape index (κ2) is 6.47. The average Bonchev–Trinajstić information content (AvgIpc) is 2.62. The molecule has 2 aromatic carbocycles. The molecule has 0 bridgehead atoms. The van der Waals surface area contributed by atoms with Gasteiger partial charge < -0.3 is 10.1 Å². The van der Waals surface area contributed by atoms with Gasteiger partial charge in [-0.15, -0.1) is 13.2 Å². The molecule has 1 heterocycles. The topological polar surface area (TPSA) is 38.3 Å². The van der Waals surface area contributed by atoms with Crippen molar-refractivity contribution in [3.8, 4) is 5.75 Å². The monoisotopic (exact) mass is 345 g/mol. The minimum absolute atomic E-state index is 0.280. The predicted octanol–water partition coefficient (Wildman–Crippen LogP) is 4.31. The van der Waals surface area contributed by atoms with Crippen molar-refractivity contribution in [2.45, 2.75) is 11.9 Å². The summed E-state index contributed by atoms with van der Waals surface area (Å²) in [6.45, 7) is 0. The van der Waals surface area contributed by atoms with Crippen LogP contribution >= 0.6 is 0 Å². The number of hydrogen-bond donors (Lipinski definition) is 1. The zero-order valence-corrected chi connectivity index (χ0v) is 13.0. The number of nitrogens with one attached hydrogen (secondary N) is 1. The molecule has 3 rings (SSSR count). The van der Waals surface area contributed by atoms with Gasteiger partial charge >= 0.3 is 6.36 Å². The molecule has 0 radical (unpaired) electrons. The van der Waals surface area contributed by atoms with Crippen LogP contribution in [0.3, 0.4) is 0 Å². The second-order valence-corrected chi connectivity index (χ2v) is 5.48. The maximum absolute atomic E-state index is 12.3. The second-order valence-electron chi connectivity index (χ2n) is 5.48. The van der Waals surface area contributed by atoms with Crippen molar-refractivity contribution in [3.05, 3.63) is 89.6 Å². The number of dihydropyridines is 1. The fourth-order valence-electron chi connectivity index (χ4n) is 2.75. The molecule has 2 aromatic rings. The summed E-state index contributed by atoms with van der Waals surface area (Å²) in [5, 5.41) is 3.25. The van der Waals surface area contributed by atoms with Crippen LogP contribution in [-0.4, -0.2) is 12.6 Å². The molecule has 0 saturated heterocycles. The maximum atomic E-state index is 12.3. The first-order chi connectivity index (χ1) is 11.9. The van der Waals surface area contributed by atoms with Gasteiger partial charge in [-0.3, -0.25) is 4.79 Å². The molecule has 128 valence electrons. The smallest absolute Gasteiger partial charge is 0.406 e. The van der Waals surface area contributed by atoms with E-state index in [2.05, 4.69) is 10.1 Å². The molecular weight excluding hydrogens is 331 g/mol. The third kappa shape index (κ3) is 3.57. The number of ether oxygens (including phenoxy) is 1. The number of halogens is 3. The number of allylic oxidation sites excluding steroid dienone is 2. The van der Waals surface area contributed by atoms with E-state index in [-0.39, 0.29) is 5.75 Å². The molecule has 0 amide bonds. The normalized spacial score (nSPS) is 19.3. The van der Waals surface area contributed by atoms with Gasteiger partial charge in [0.25, 0.3) is 0 Å². The van der Waals surface area contributed by atoms with E-state index in [1.807, 2.05) is 18.2 Å². The summed E-state index contributed by atoms with van der Waals surface area (Å²) in [5.41, 5.74) is 1.39. The number of rotatable bonds is 4. The predicted molar refractivity (Wildman–Crippen MR) is 87.2 cm³/mol. The van der Waals surface area contributed by atoms with E-state index in [9.17, 15) is 18.0 Å². The fourth-order valence-corrected chi connectivity index (χ4v) is 2.75. The Kier molecular flexibility index (Phi) is 4.35. The molecule has 25 heavy (non-hydrogen) atoms. The van der Waals surface area contributed by atoms with E-state index in [1.165, 1.54) is 12.1 Å². The Morgan fingerprint density at radius 2 is 1.52 bits per heavy atom. The van der Waals surface area contributed by atoms with E-state index in [0.29, 0.717) is 5.56 Å². The first kappa shape index (κ1) is 16.8. The van der Waals surface area contributed by atoms with E-state index in [1.54, 1.807) is 42.6 Å². The minimum atomic E-state index is -4.73. The summed E-state index contributed by atoms with van der Waals surface area (Å²) < 4.78 is 40.9. The number of carbonyl (C=O) groups is 1. The third-order valence-electron chi connectivity index (χ3n) is 3.91. The molecule has 1 unspecified atom stereocenters. The summed E-state index contributed by atoms with van der Waals surface area (Å²) in [6.07, 6.45) is 3.36. The molecule has 1 atom stereocenters. The SMILES string of the molecule is O=Cc1ccc(C2(c3ccc(OC(F)(F)F)cc3)C=CC=CN2)cc1. The lowest BCUT2D eigenvalue weighted by Gasteiger charge is -2.34. The van der Waals surface area contributed by atoms with Crippen molar-refractivity contribution in [2.24, 2.45) is 0 Å². The summed E-state index contributed by atoms with van der Waals surface area (Å²) in [6, 6.07) is 12.7. The van der Waals surface area contributed by atoms with Crippen LogP contribution in [0, 0.1) is 0 Å². The standard InChI is InChI=1S/C19H14F3NO2/c20-19(21,22)25-17-9-7-16(8-10-17)18(11-1-2-12-23-18)15-5-3-14(13-24)4-6-15/h1-13,23H. The molecule has 1 N–H and O–H groups in total. The third-order valence-corrected chi connectivity index (χ3v) is 3.91. The van der Waals surface area contributed by atoms with Crippen molar-refractivity contribution in [1.82, 2.24) is 5.32 Å². The Labute approximate surface area is 142 Å². The Hall–Kier alpha value is -3.02. The van der Waals surface area contributed by atoms with Crippen LogP contribution in [-0.2, 0) is 5.54 Å². The van der Waals surface area contributed by atoms with Crippen molar-refractivity contribution in [3.63, 3.8) is 0 Å². The quantitative estimate of drug-likeness (QED) is 0.839. The first-order valence-electron chi connectivity index (χ1n) is 7.47. The van der Waals surface area contributed by atoms with Gasteiger partial charge in [0.15, 0.2) is 0 Å². The Bertz CT molecular complexity index is 808. The van der Waals surface area contributed by atoms with Crippen molar-refractivity contribution < 1.29 is 22.7 Å². The zero-order chi connectivity index (χ0) is 17.9. The number of carbonyl (C=O) groups excluding carboxylic acids is 1. The molecule has 6 heteroatoms. The van der Waals surface area contributed by atoms with Gasteiger partial charge in [-0.05, 0) is 35.5 Å². The summed E-state index contributed by atoms with van der Waals surface area (Å²) in [4.78, 5) is 10.8. The van der Waals surface area contributed by atoms with E-state index >= 15 is 0 Å². The average molecular weight is 345 g/mol. The highest BCUT2D eigenvalue weighted by Crippen LogP contribution is 2.34. The molecule has 1 aliphatic rings. The van der Waals surface area contributed by atoms with Gasteiger partial charge in [-0.25, -0.2) is 0 Å². The molecule has 0 saturated carbocycles. The molecular formula is C19H14F3NO2. The van der Waals surface area contributed by atoms with Crippen molar-refractivity contribution >= 4 is 6.29 Å². The van der Waals surface area contributed by atoms with Crippen LogP contribution in [0.25, 0.3) is 0 Å². The fraction of sp³-hybridized carbons (Fsp3) is 0.105. The van der Waals surface area contributed by atoms with Gasteiger partial charge in [-0.2, -0.15) is 0 Å². The Morgan fingerprint density at radius 1 is 0.920 bits per heavy atom. The van der Waals surface area contributed by atoms with Crippen LogP contribution in [0.1, 0.15) is 21.5 Å². The Balaban J connectivity index is 1.99. The number of alkyl halides is 3. The van der Waals surface area contributed by atoms with Gasteiger partial charge in [0.2, 0.25) is 0 Å². The Morgan fingerprint density at radius 3 is 2.00 bits per heavy atom. The van der Waals surface area contributed by atoms with Crippen LogP contribution in [0.4, 0.5) is 13.2 Å². The van der Waals surface area contributed by atoms with Crippen molar-refractivity contribution in [1.29, 1.82) is 0 Å². The van der Waals surface area contributed by atoms with Gasteiger partial charge in [0, 0.05) is 5.56 Å².